The van der Waals surface area contributed by atoms with Crippen LogP contribution in [0.3, 0.4) is 0 Å². The number of rotatable bonds is 5. The molecule has 0 bridgehead atoms. The van der Waals surface area contributed by atoms with Gasteiger partial charge in [0.1, 0.15) is 12.0 Å². The van der Waals surface area contributed by atoms with Gasteiger partial charge in [-0.2, -0.15) is 0 Å². The highest BCUT2D eigenvalue weighted by Crippen LogP contribution is 2.28. The second kappa shape index (κ2) is 5.73. The van der Waals surface area contributed by atoms with Crippen molar-refractivity contribution in [2.45, 2.75) is 17.9 Å². The van der Waals surface area contributed by atoms with Crippen LogP contribution in [0.2, 0.25) is 0 Å². The summed E-state index contributed by atoms with van der Waals surface area (Å²) in [5.41, 5.74) is 1.63. The summed E-state index contributed by atoms with van der Waals surface area (Å²) in [5, 5.41) is 0.602. The van der Waals surface area contributed by atoms with Crippen LogP contribution in [-0.2, 0) is 5.75 Å². The van der Waals surface area contributed by atoms with Crippen LogP contribution < -0.4 is 4.74 Å². The maximum absolute atomic E-state index is 11.4. The third kappa shape index (κ3) is 2.92. The van der Waals surface area contributed by atoms with Gasteiger partial charge >= 0.3 is 0 Å². The highest BCUT2D eigenvalue weighted by atomic mass is 32.2. The molecule has 2 rings (SSSR count). The Morgan fingerprint density at radius 2 is 2.33 bits per heavy atom. The van der Waals surface area contributed by atoms with Crippen molar-refractivity contribution in [3.63, 3.8) is 0 Å². The van der Waals surface area contributed by atoms with E-state index in [1.807, 2.05) is 12.1 Å². The van der Waals surface area contributed by atoms with Crippen molar-refractivity contribution >= 4 is 17.5 Å². The molecule has 0 saturated carbocycles. The van der Waals surface area contributed by atoms with Gasteiger partial charge in [0.05, 0.1) is 13.3 Å². The number of benzene rings is 1. The zero-order valence-electron chi connectivity index (χ0n) is 10.2. The summed E-state index contributed by atoms with van der Waals surface area (Å²) in [5.74, 6) is 1.45. The van der Waals surface area contributed by atoms with E-state index >= 15 is 0 Å². The van der Waals surface area contributed by atoms with E-state index in [0.29, 0.717) is 16.5 Å². The molecule has 0 aliphatic rings. The fourth-order valence-corrected chi connectivity index (χ4v) is 2.30. The lowest BCUT2D eigenvalue weighted by Gasteiger charge is -2.08. The summed E-state index contributed by atoms with van der Waals surface area (Å²) in [4.78, 5) is 15.4. The van der Waals surface area contributed by atoms with Crippen LogP contribution in [0.1, 0.15) is 22.8 Å². The van der Waals surface area contributed by atoms with E-state index in [4.69, 9.17) is 9.15 Å². The number of methoxy groups -OCH3 is 1. The Labute approximate surface area is 109 Å². The molecule has 0 unspecified atom stereocenters. The van der Waals surface area contributed by atoms with Crippen LogP contribution in [0.25, 0.3) is 0 Å². The molecule has 0 aliphatic carbocycles. The first kappa shape index (κ1) is 12.7. The Morgan fingerprint density at radius 3 is 2.94 bits per heavy atom. The van der Waals surface area contributed by atoms with Gasteiger partial charge < -0.3 is 9.15 Å². The van der Waals surface area contributed by atoms with E-state index < -0.39 is 0 Å². The van der Waals surface area contributed by atoms with E-state index in [2.05, 4.69) is 4.98 Å². The van der Waals surface area contributed by atoms with Gasteiger partial charge in [0, 0.05) is 16.9 Å². The molecule has 94 valence electrons. The van der Waals surface area contributed by atoms with Gasteiger partial charge in [0.15, 0.2) is 5.78 Å². The Morgan fingerprint density at radius 1 is 1.50 bits per heavy atom. The fraction of sp³-hybridized carbons (Fsp3) is 0.231. The first-order valence-electron chi connectivity index (χ1n) is 5.41. The quantitative estimate of drug-likeness (QED) is 0.612. The molecule has 4 nitrogen and oxygen atoms in total. The third-order valence-electron chi connectivity index (χ3n) is 2.45. The standard InChI is InChI=1S/C13H13NO3S/c1-9(15)10-3-4-12(16-2)11(7-10)8-18-13-14-5-6-17-13/h3-7H,8H2,1-2H3. The predicted molar refractivity (Wildman–Crippen MR) is 69.1 cm³/mol. The Hall–Kier alpha value is -1.75. The molecule has 1 aromatic carbocycles. The Kier molecular flexibility index (Phi) is 4.04. The lowest BCUT2D eigenvalue weighted by molar-refractivity contribution is 0.101. The lowest BCUT2D eigenvalue weighted by Crippen LogP contribution is -1.96. The molecule has 0 saturated heterocycles. The van der Waals surface area contributed by atoms with Crippen molar-refractivity contribution in [2.24, 2.45) is 0 Å². The molecule has 0 radical (unpaired) electrons. The molecule has 1 aromatic heterocycles. The fourth-order valence-electron chi connectivity index (χ4n) is 1.53. The monoisotopic (exact) mass is 263 g/mol. The molecule has 0 fully saturated rings. The second-order valence-corrected chi connectivity index (χ2v) is 4.60. The first-order valence-corrected chi connectivity index (χ1v) is 6.39. The Bertz CT molecular complexity index is 537. The van der Waals surface area contributed by atoms with E-state index in [0.717, 1.165) is 11.3 Å². The summed E-state index contributed by atoms with van der Waals surface area (Å²) < 4.78 is 10.4. The van der Waals surface area contributed by atoms with Crippen molar-refractivity contribution < 1.29 is 13.9 Å². The lowest BCUT2D eigenvalue weighted by atomic mass is 10.1. The maximum Gasteiger partial charge on any atom is 0.255 e. The Balaban J connectivity index is 2.18. The summed E-state index contributed by atoms with van der Waals surface area (Å²) in [6, 6.07) is 5.42. The minimum atomic E-state index is 0.0417. The first-order chi connectivity index (χ1) is 8.70. The van der Waals surface area contributed by atoms with E-state index in [-0.39, 0.29) is 5.78 Å². The van der Waals surface area contributed by atoms with Crippen molar-refractivity contribution in [2.75, 3.05) is 7.11 Å². The normalized spacial score (nSPS) is 10.3. The highest BCUT2D eigenvalue weighted by molar-refractivity contribution is 7.98. The van der Waals surface area contributed by atoms with Crippen LogP contribution in [0.4, 0.5) is 0 Å². The summed E-state index contributed by atoms with van der Waals surface area (Å²) >= 11 is 1.46. The highest BCUT2D eigenvalue weighted by Gasteiger charge is 2.09. The van der Waals surface area contributed by atoms with Crippen LogP contribution >= 0.6 is 11.8 Å². The van der Waals surface area contributed by atoms with Gasteiger partial charge in [-0.3, -0.25) is 4.79 Å². The number of hydrogen-bond acceptors (Lipinski definition) is 5. The maximum atomic E-state index is 11.4. The topological polar surface area (TPSA) is 52.3 Å². The summed E-state index contributed by atoms with van der Waals surface area (Å²) in [7, 11) is 1.61. The van der Waals surface area contributed by atoms with E-state index in [1.165, 1.54) is 18.0 Å². The number of hydrogen-bond donors (Lipinski definition) is 0. The molecular formula is C13H13NO3S. The van der Waals surface area contributed by atoms with Gasteiger partial charge in [-0.15, -0.1) is 0 Å². The average molecular weight is 263 g/mol. The van der Waals surface area contributed by atoms with E-state index in [1.54, 1.807) is 26.3 Å². The van der Waals surface area contributed by atoms with Gasteiger partial charge in [-0.1, -0.05) is 11.8 Å². The number of thioether (sulfide) groups is 1. The molecule has 1 heterocycles. The van der Waals surface area contributed by atoms with Crippen molar-refractivity contribution in [1.82, 2.24) is 4.98 Å². The minimum absolute atomic E-state index is 0.0417. The van der Waals surface area contributed by atoms with Crippen LogP contribution in [0.15, 0.2) is 40.3 Å². The largest absolute Gasteiger partial charge is 0.496 e. The van der Waals surface area contributed by atoms with Gasteiger partial charge in [-0.05, 0) is 25.1 Å². The van der Waals surface area contributed by atoms with Crippen molar-refractivity contribution in [1.29, 1.82) is 0 Å². The zero-order chi connectivity index (χ0) is 13.0. The summed E-state index contributed by atoms with van der Waals surface area (Å²) in [6.45, 7) is 1.55. The SMILES string of the molecule is COc1ccc(C(C)=O)cc1CSc1ncco1. The molecule has 5 heteroatoms. The molecule has 0 amide bonds. The molecule has 0 spiro atoms. The number of carbonyl (C=O) groups excluding carboxylic acids is 1. The molecular weight excluding hydrogens is 250 g/mol. The predicted octanol–water partition coefficient (Wildman–Crippen LogP) is 3.18. The van der Waals surface area contributed by atoms with Crippen LogP contribution in [-0.4, -0.2) is 17.9 Å². The molecule has 0 aliphatic heterocycles. The molecule has 0 atom stereocenters. The summed E-state index contributed by atoms with van der Waals surface area (Å²) in [6.07, 6.45) is 3.14. The number of Topliss-reactive ketones (excluding diaryl/α,β-unsaturated/α-hetero) is 1. The number of ketones is 1. The number of aromatic nitrogens is 1. The number of oxazole rings is 1. The smallest absolute Gasteiger partial charge is 0.255 e. The minimum Gasteiger partial charge on any atom is -0.496 e. The number of ether oxygens (including phenoxy) is 1. The van der Waals surface area contributed by atoms with Gasteiger partial charge in [-0.25, -0.2) is 4.98 Å². The van der Waals surface area contributed by atoms with Crippen molar-refractivity contribution in [3.8, 4) is 5.75 Å². The van der Waals surface area contributed by atoms with Crippen molar-refractivity contribution in [3.05, 3.63) is 41.8 Å². The van der Waals surface area contributed by atoms with Gasteiger partial charge in [0.2, 0.25) is 0 Å². The molecule has 0 N–H and O–H groups in total. The third-order valence-corrected chi connectivity index (χ3v) is 3.35. The van der Waals surface area contributed by atoms with Crippen LogP contribution in [0, 0.1) is 0 Å². The van der Waals surface area contributed by atoms with Crippen LogP contribution in [0.5, 0.6) is 5.75 Å². The number of nitrogens with zero attached hydrogens (tertiary/aromatic N) is 1. The molecule has 2 aromatic rings. The average Bonchev–Trinajstić information content (AvgIpc) is 2.89. The molecule has 18 heavy (non-hydrogen) atoms. The number of carbonyl (C=O) groups is 1. The second-order valence-electron chi connectivity index (χ2n) is 3.67. The zero-order valence-corrected chi connectivity index (χ0v) is 11.0. The van der Waals surface area contributed by atoms with E-state index in [9.17, 15) is 4.79 Å². The van der Waals surface area contributed by atoms with Gasteiger partial charge in [0.25, 0.3) is 5.22 Å².